The normalized spacial score (nSPS) is 19.4. The van der Waals surface area contributed by atoms with Gasteiger partial charge in [0, 0.05) is 38.8 Å². The van der Waals surface area contributed by atoms with Gasteiger partial charge in [-0.25, -0.2) is 0 Å². The molecule has 2 aliphatic heterocycles. The second-order valence-corrected chi connectivity index (χ2v) is 9.05. The van der Waals surface area contributed by atoms with E-state index in [2.05, 4.69) is 58.5 Å². The third kappa shape index (κ3) is 9.06. The molecule has 1 aromatic rings. The van der Waals surface area contributed by atoms with Crippen molar-refractivity contribution in [3.63, 3.8) is 0 Å². The Morgan fingerprint density at radius 1 is 1.00 bits per heavy atom. The summed E-state index contributed by atoms with van der Waals surface area (Å²) in [6, 6.07) is 9.02. The number of guanidine groups is 1. The number of piperidine rings is 2. The monoisotopic (exact) mass is 557 g/mol. The lowest BCUT2D eigenvalue weighted by Crippen LogP contribution is -2.49. The van der Waals surface area contributed by atoms with Crippen molar-refractivity contribution in [3.8, 4) is 5.75 Å². The number of hydrogen-bond acceptors (Lipinski definition) is 4. The molecule has 0 spiro atoms. The summed E-state index contributed by atoms with van der Waals surface area (Å²) in [5.74, 6) is 2.63. The zero-order valence-corrected chi connectivity index (χ0v) is 22.6. The molecule has 0 saturated carbocycles. The molecule has 2 aliphatic rings. The van der Waals surface area contributed by atoms with Crippen molar-refractivity contribution in [3.05, 3.63) is 29.8 Å². The Labute approximate surface area is 212 Å². The van der Waals surface area contributed by atoms with Crippen molar-refractivity contribution in [1.82, 2.24) is 20.4 Å². The van der Waals surface area contributed by atoms with Crippen LogP contribution in [0.2, 0.25) is 0 Å². The molecule has 0 amide bonds. The minimum atomic E-state index is 0. The summed E-state index contributed by atoms with van der Waals surface area (Å²) in [5.41, 5.74) is 1.36. The van der Waals surface area contributed by atoms with E-state index in [9.17, 15) is 0 Å². The second-order valence-electron chi connectivity index (χ2n) is 9.05. The maximum atomic E-state index is 5.26. The van der Waals surface area contributed by atoms with Crippen LogP contribution in [0.25, 0.3) is 0 Å². The Morgan fingerprint density at radius 3 is 2.25 bits per heavy atom. The van der Waals surface area contributed by atoms with E-state index >= 15 is 0 Å². The van der Waals surface area contributed by atoms with Crippen LogP contribution in [0.5, 0.6) is 5.75 Å². The third-order valence-corrected chi connectivity index (χ3v) is 6.59. The van der Waals surface area contributed by atoms with E-state index in [0.29, 0.717) is 12.0 Å². The number of hydrogen-bond donors (Lipinski definition) is 2. The summed E-state index contributed by atoms with van der Waals surface area (Å²) in [5, 5.41) is 7.16. The molecule has 182 valence electrons. The minimum Gasteiger partial charge on any atom is -0.497 e. The average Bonchev–Trinajstić information content (AvgIpc) is 2.80. The zero-order chi connectivity index (χ0) is 21.9. The SMILES string of the molecule is CCCN1CCC(NC(=NCC2CCN(Cc3ccc(OC)cc3)CC2)NCC)CC1.I. The molecule has 2 saturated heterocycles. The summed E-state index contributed by atoms with van der Waals surface area (Å²) in [6.45, 7) is 13.3. The molecule has 1 aromatic carbocycles. The average molecular weight is 558 g/mol. The van der Waals surface area contributed by atoms with Crippen LogP contribution >= 0.6 is 24.0 Å². The van der Waals surface area contributed by atoms with Crippen LogP contribution < -0.4 is 15.4 Å². The second kappa shape index (κ2) is 15.0. The van der Waals surface area contributed by atoms with Gasteiger partial charge >= 0.3 is 0 Å². The Kier molecular flexibility index (Phi) is 12.7. The zero-order valence-electron chi connectivity index (χ0n) is 20.3. The predicted molar refractivity (Wildman–Crippen MR) is 145 cm³/mol. The molecule has 2 heterocycles. The first kappa shape index (κ1) is 27.2. The van der Waals surface area contributed by atoms with Gasteiger partial charge in [0.05, 0.1) is 7.11 Å². The van der Waals surface area contributed by atoms with Crippen LogP contribution in [-0.2, 0) is 6.54 Å². The van der Waals surface area contributed by atoms with Crippen molar-refractivity contribution in [2.24, 2.45) is 10.9 Å². The van der Waals surface area contributed by atoms with Crippen LogP contribution in [0.1, 0.15) is 51.5 Å². The van der Waals surface area contributed by atoms with E-state index in [1.54, 1.807) is 7.11 Å². The van der Waals surface area contributed by atoms with Crippen LogP contribution in [-0.4, -0.2) is 74.7 Å². The summed E-state index contributed by atoms with van der Waals surface area (Å²) in [7, 11) is 1.72. The van der Waals surface area contributed by atoms with Crippen molar-refractivity contribution in [1.29, 1.82) is 0 Å². The highest BCUT2D eigenvalue weighted by Crippen LogP contribution is 2.20. The molecular weight excluding hydrogens is 513 g/mol. The number of likely N-dealkylation sites (tertiary alicyclic amines) is 2. The highest BCUT2D eigenvalue weighted by Gasteiger charge is 2.21. The predicted octanol–water partition coefficient (Wildman–Crippen LogP) is 3.95. The molecule has 2 fully saturated rings. The first-order valence-corrected chi connectivity index (χ1v) is 12.3. The molecule has 0 aromatic heterocycles. The van der Waals surface area contributed by atoms with Crippen molar-refractivity contribution >= 4 is 29.9 Å². The smallest absolute Gasteiger partial charge is 0.191 e. The molecular formula is C25H44IN5O. The van der Waals surface area contributed by atoms with E-state index in [1.165, 1.54) is 57.3 Å². The highest BCUT2D eigenvalue weighted by atomic mass is 127. The van der Waals surface area contributed by atoms with Crippen LogP contribution in [0.3, 0.4) is 0 Å². The number of halogens is 1. The van der Waals surface area contributed by atoms with E-state index in [0.717, 1.165) is 44.4 Å². The molecule has 0 atom stereocenters. The minimum absolute atomic E-state index is 0. The van der Waals surface area contributed by atoms with E-state index in [4.69, 9.17) is 9.73 Å². The fraction of sp³-hybridized carbons (Fsp3) is 0.720. The molecule has 6 nitrogen and oxygen atoms in total. The maximum Gasteiger partial charge on any atom is 0.191 e. The van der Waals surface area contributed by atoms with Crippen molar-refractivity contribution in [2.45, 2.75) is 58.5 Å². The molecule has 7 heteroatoms. The van der Waals surface area contributed by atoms with Crippen molar-refractivity contribution < 1.29 is 4.74 Å². The van der Waals surface area contributed by atoms with E-state index in [1.807, 2.05) is 0 Å². The van der Waals surface area contributed by atoms with Gasteiger partial charge in [-0.2, -0.15) is 0 Å². The van der Waals surface area contributed by atoms with Crippen LogP contribution in [0.15, 0.2) is 29.3 Å². The quantitative estimate of drug-likeness (QED) is 0.274. The highest BCUT2D eigenvalue weighted by molar-refractivity contribution is 14.0. The first-order chi connectivity index (χ1) is 15.2. The molecule has 0 unspecified atom stereocenters. The van der Waals surface area contributed by atoms with E-state index in [-0.39, 0.29) is 24.0 Å². The first-order valence-electron chi connectivity index (χ1n) is 12.3. The maximum absolute atomic E-state index is 5.26. The van der Waals surface area contributed by atoms with Gasteiger partial charge in [-0.1, -0.05) is 19.1 Å². The number of ether oxygens (including phenoxy) is 1. The third-order valence-electron chi connectivity index (χ3n) is 6.59. The number of aliphatic imine (C=N–C) groups is 1. The fourth-order valence-corrected chi connectivity index (χ4v) is 4.67. The van der Waals surface area contributed by atoms with Gasteiger partial charge in [-0.15, -0.1) is 24.0 Å². The molecule has 2 N–H and O–H groups in total. The summed E-state index contributed by atoms with van der Waals surface area (Å²) >= 11 is 0. The topological polar surface area (TPSA) is 52.1 Å². The fourth-order valence-electron chi connectivity index (χ4n) is 4.67. The van der Waals surface area contributed by atoms with Gasteiger partial charge in [-0.05, 0) is 82.3 Å². The van der Waals surface area contributed by atoms with Gasteiger partial charge < -0.3 is 20.3 Å². The molecule has 3 rings (SSSR count). The Hall–Kier alpha value is -1.06. The standard InChI is InChI=1S/C25H43N5O.HI/c1-4-14-29-17-12-23(13-18-29)28-25(26-5-2)27-19-21-10-15-30(16-11-21)20-22-6-8-24(31-3)9-7-22;/h6-9,21,23H,4-5,10-20H2,1-3H3,(H2,26,27,28);1H. The number of rotatable bonds is 9. The van der Waals surface area contributed by atoms with Crippen LogP contribution in [0, 0.1) is 5.92 Å². The Morgan fingerprint density at radius 2 is 1.66 bits per heavy atom. The number of nitrogens with zero attached hydrogens (tertiary/aromatic N) is 3. The van der Waals surface area contributed by atoms with Gasteiger partial charge in [0.2, 0.25) is 0 Å². The van der Waals surface area contributed by atoms with Gasteiger partial charge in [0.25, 0.3) is 0 Å². The molecule has 0 bridgehead atoms. The number of nitrogens with one attached hydrogen (secondary N) is 2. The van der Waals surface area contributed by atoms with Gasteiger partial charge in [-0.3, -0.25) is 9.89 Å². The summed E-state index contributed by atoms with van der Waals surface area (Å²) in [6.07, 6.45) is 6.15. The van der Waals surface area contributed by atoms with Gasteiger partial charge in [0.1, 0.15) is 5.75 Å². The van der Waals surface area contributed by atoms with Gasteiger partial charge in [0.15, 0.2) is 5.96 Å². The Balaban J connectivity index is 0.00000363. The lowest BCUT2D eigenvalue weighted by atomic mass is 9.96. The molecule has 32 heavy (non-hydrogen) atoms. The molecule has 0 aliphatic carbocycles. The Bertz CT molecular complexity index is 653. The number of benzene rings is 1. The number of methoxy groups -OCH3 is 1. The van der Waals surface area contributed by atoms with E-state index < -0.39 is 0 Å². The largest absolute Gasteiger partial charge is 0.497 e. The summed E-state index contributed by atoms with van der Waals surface area (Å²) in [4.78, 5) is 10.1. The lowest BCUT2D eigenvalue weighted by molar-refractivity contribution is 0.180. The summed E-state index contributed by atoms with van der Waals surface area (Å²) < 4.78 is 5.26. The van der Waals surface area contributed by atoms with Crippen molar-refractivity contribution in [2.75, 3.05) is 52.9 Å². The van der Waals surface area contributed by atoms with Crippen LogP contribution in [0.4, 0.5) is 0 Å². The lowest BCUT2D eigenvalue weighted by Gasteiger charge is -2.33. The molecule has 0 radical (unpaired) electrons.